The van der Waals surface area contributed by atoms with Gasteiger partial charge in [-0.3, -0.25) is 4.79 Å². The van der Waals surface area contributed by atoms with Crippen molar-refractivity contribution in [3.8, 4) is 10.4 Å². The first-order valence-corrected chi connectivity index (χ1v) is 13.9. The fourth-order valence-corrected chi connectivity index (χ4v) is 6.97. The zero-order valence-corrected chi connectivity index (χ0v) is 22.0. The molecule has 1 aromatic carbocycles. The minimum atomic E-state index is -5.08. The fraction of sp³-hybridized carbons (Fsp3) is 0.522. The first kappa shape index (κ1) is 29.0. The van der Waals surface area contributed by atoms with Gasteiger partial charge < -0.3 is 16.2 Å². The number of carboxylic acid groups (broad SMARTS) is 1. The number of alkyl halides is 3. The topological polar surface area (TPSA) is 143 Å². The van der Waals surface area contributed by atoms with Gasteiger partial charge in [0.25, 0.3) is 0 Å². The summed E-state index contributed by atoms with van der Waals surface area (Å²) < 4.78 is 59.5. The van der Waals surface area contributed by atoms with Crippen molar-refractivity contribution in [2.75, 3.05) is 18.4 Å². The Kier molecular flexibility index (Phi) is 8.98. The van der Waals surface area contributed by atoms with E-state index in [-0.39, 0.29) is 17.9 Å². The van der Waals surface area contributed by atoms with Crippen LogP contribution < -0.4 is 11.1 Å². The number of carbonyl (C=O) groups is 2. The molecule has 2 aromatic rings. The highest BCUT2D eigenvalue weighted by Gasteiger charge is 2.38. The average molecular weight is 563 g/mol. The number of carboxylic acids is 1. The van der Waals surface area contributed by atoms with Crippen LogP contribution in [0.3, 0.4) is 0 Å². The van der Waals surface area contributed by atoms with Gasteiger partial charge >= 0.3 is 12.1 Å². The molecule has 0 spiro atoms. The largest absolute Gasteiger partial charge is 0.490 e. The molecule has 14 heteroatoms. The minimum Gasteiger partial charge on any atom is -0.475 e. The third-order valence-corrected chi connectivity index (χ3v) is 9.38. The Morgan fingerprint density at radius 1 is 1.19 bits per heavy atom. The Balaban J connectivity index is 0.000000479. The number of halogens is 3. The molecule has 4 rings (SSSR count). The van der Waals surface area contributed by atoms with Gasteiger partial charge in [-0.25, -0.2) is 18.2 Å². The number of hydrogen-bond acceptors (Lipinski definition) is 7. The maximum atomic E-state index is 13.2. The van der Waals surface area contributed by atoms with E-state index in [2.05, 4.69) is 10.3 Å². The van der Waals surface area contributed by atoms with Gasteiger partial charge in [-0.15, -0.1) is 0 Å². The summed E-state index contributed by atoms with van der Waals surface area (Å²) in [6.07, 6.45) is -0.341. The van der Waals surface area contributed by atoms with Crippen molar-refractivity contribution in [3.05, 3.63) is 29.5 Å². The summed E-state index contributed by atoms with van der Waals surface area (Å²) in [4.78, 5) is 27.0. The average Bonchev–Trinajstić information content (AvgIpc) is 3.55. The van der Waals surface area contributed by atoms with Crippen molar-refractivity contribution in [2.45, 2.75) is 63.1 Å². The van der Waals surface area contributed by atoms with Gasteiger partial charge in [-0.1, -0.05) is 36.3 Å². The molecule has 1 aromatic heterocycles. The van der Waals surface area contributed by atoms with Gasteiger partial charge in [0.15, 0.2) is 5.13 Å². The number of nitrogens with two attached hydrogens (primary N) is 1. The molecular weight excluding hydrogens is 533 g/mol. The van der Waals surface area contributed by atoms with Gasteiger partial charge in [0.05, 0.1) is 15.5 Å². The highest BCUT2D eigenvalue weighted by atomic mass is 32.2. The van der Waals surface area contributed by atoms with E-state index in [9.17, 15) is 26.4 Å². The number of nitrogens with zero attached hydrogens (tertiary/aromatic N) is 2. The molecule has 1 aliphatic heterocycles. The van der Waals surface area contributed by atoms with E-state index in [1.807, 2.05) is 19.1 Å². The summed E-state index contributed by atoms with van der Waals surface area (Å²) in [5, 5.41) is 10.6. The third kappa shape index (κ3) is 7.06. The molecule has 37 heavy (non-hydrogen) atoms. The highest BCUT2D eigenvalue weighted by molar-refractivity contribution is 7.89. The van der Waals surface area contributed by atoms with E-state index in [1.54, 1.807) is 13.0 Å². The number of carbonyl (C=O) groups excluding carboxylic acids is 1. The minimum absolute atomic E-state index is 0.0327. The summed E-state index contributed by atoms with van der Waals surface area (Å²) in [7, 11) is -3.60. The number of nitrogens with one attached hydrogen (secondary N) is 1. The molecule has 0 radical (unpaired) electrons. The first-order valence-electron chi connectivity index (χ1n) is 11.6. The lowest BCUT2D eigenvalue weighted by Crippen LogP contribution is -2.32. The second-order valence-corrected chi connectivity index (χ2v) is 12.0. The van der Waals surface area contributed by atoms with Gasteiger partial charge in [0, 0.05) is 25.0 Å². The highest BCUT2D eigenvalue weighted by Crippen LogP contribution is 2.36. The number of benzene rings is 1. The van der Waals surface area contributed by atoms with Crippen LogP contribution in [0.4, 0.5) is 18.3 Å². The van der Waals surface area contributed by atoms with E-state index >= 15 is 0 Å². The predicted octanol–water partition coefficient (Wildman–Crippen LogP) is 3.91. The molecule has 1 atom stereocenters. The van der Waals surface area contributed by atoms with Crippen LogP contribution in [0.1, 0.15) is 43.4 Å². The SMILES string of the molecule is Cc1ccc(-c2sc(NC(=O)C3CCCC3)nc2C)cc1S(=O)(=O)N1CCC(N)C1.O=C(O)C(F)(F)F. The molecule has 9 nitrogen and oxygen atoms in total. The number of rotatable bonds is 5. The van der Waals surface area contributed by atoms with Crippen LogP contribution in [0.2, 0.25) is 0 Å². The van der Waals surface area contributed by atoms with E-state index in [4.69, 9.17) is 15.6 Å². The second kappa shape index (κ2) is 11.5. The number of aromatic nitrogens is 1. The molecule has 2 heterocycles. The molecule has 1 saturated heterocycles. The van der Waals surface area contributed by atoms with Gasteiger partial charge in [-0.05, 0) is 50.3 Å². The third-order valence-electron chi connectivity index (χ3n) is 6.25. The number of sulfonamides is 1. The van der Waals surface area contributed by atoms with E-state index in [0.717, 1.165) is 41.8 Å². The lowest BCUT2D eigenvalue weighted by molar-refractivity contribution is -0.192. The van der Waals surface area contributed by atoms with Crippen LogP contribution in [-0.4, -0.2) is 60.0 Å². The standard InChI is InChI=1S/C21H28N4O3S2.C2HF3O2/c1-13-7-8-16(11-18(13)30(27,28)25-10-9-17(22)12-25)19-14(2)23-21(29-19)24-20(26)15-5-3-4-6-15;3-2(4,5)1(6)7/h7-8,11,15,17H,3-6,9-10,12,22H2,1-2H3,(H,23,24,26);(H,6,7). The van der Waals surface area contributed by atoms with Crippen molar-refractivity contribution in [1.82, 2.24) is 9.29 Å². The van der Waals surface area contributed by atoms with Crippen molar-refractivity contribution >= 4 is 38.4 Å². The molecule has 1 unspecified atom stereocenters. The van der Waals surface area contributed by atoms with Crippen molar-refractivity contribution in [2.24, 2.45) is 11.7 Å². The van der Waals surface area contributed by atoms with E-state index in [1.165, 1.54) is 15.6 Å². The van der Waals surface area contributed by atoms with Crippen LogP contribution in [0.25, 0.3) is 10.4 Å². The van der Waals surface area contributed by atoms with Crippen molar-refractivity contribution < 1.29 is 36.3 Å². The second-order valence-electron chi connectivity index (χ2n) is 9.10. The van der Waals surface area contributed by atoms with Gasteiger partial charge in [0.1, 0.15) is 0 Å². The van der Waals surface area contributed by atoms with Crippen LogP contribution in [-0.2, 0) is 19.6 Å². The molecule has 0 bridgehead atoms. The summed E-state index contributed by atoms with van der Waals surface area (Å²) in [6.45, 7) is 4.48. The number of aliphatic carboxylic acids is 1. The molecule has 1 saturated carbocycles. The Morgan fingerprint density at radius 2 is 1.81 bits per heavy atom. The maximum absolute atomic E-state index is 13.2. The van der Waals surface area contributed by atoms with Crippen LogP contribution in [0.5, 0.6) is 0 Å². The zero-order valence-electron chi connectivity index (χ0n) is 20.3. The van der Waals surface area contributed by atoms with Crippen molar-refractivity contribution in [1.29, 1.82) is 0 Å². The Hall–Kier alpha value is -2.55. The van der Waals surface area contributed by atoms with Crippen molar-refractivity contribution in [3.63, 3.8) is 0 Å². The Bertz CT molecular complexity index is 1260. The summed E-state index contributed by atoms with van der Waals surface area (Å²) in [6, 6.07) is 5.34. The van der Waals surface area contributed by atoms with Crippen LogP contribution >= 0.6 is 11.3 Å². The molecule has 4 N–H and O–H groups in total. The lowest BCUT2D eigenvalue weighted by atomic mass is 10.1. The van der Waals surface area contributed by atoms with Gasteiger partial charge in [-0.2, -0.15) is 17.5 Å². The quantitative estimate of drug-likeness (QED) is 0.501. The molecular formula is C23H29F3N4O5S2. The Labute approximate surface area is 216 Å². The molecule has 2 fully saturated rings. The number of thiazole rings is 1. The molecule has 1 aliphatic carbocycles. The van der Waals surface area contributed by atoms with Crippen LogP contribution in [0, 0.1) is 19.8 Å². The molecule has 1 amide bonds. The van der Waals surface area contributed by atoms with E-state index < -0.39 is 22.2 Å². The Morgan fingerprint density at radius 3 is 2.35 bits per heavy atom. The van der Waals surface area contributed by atoms with Gasteiger partial charge in [0.2, 0.25) is 15.9 Å². The zero-order chi connectivity index (χ0) is 27.5. The number of aryl methyl sites for hydroxylation is 2. The maximum Gasteiger partial charge on any atom is 0.490 e. The monoisotopic (exact) mass is 562 g/mol. The lowest BCUT2D eigenvalue weighted by Gasteiger charge is -2.18. The molecule has 2 aliphatic rings. The molecule has 204 valence electrons. The predicted molar refractivity (Wildman–Crippen MR) is 133 cm³/mol. The number of amides is 1. The summed E-state index contributed by atoms with van der Waals surface area (Å²) >= 11 is 1.39. The number of anilines is 1. The fourth-order valence-electron chi connectivity index (χ4n) is 4.24. The summed E-state index contributed by atoms with van der Waals surface area (Å²) in [5.41, 5.74) is 8.19. The van der Waals surface area contributed by atoms with E-state index in [0.29, 0.717) is 35.1 Å². The first-order chi connectivity index (χ1) is 17.2. The normalized spacial score (nSPS) is 18.9. The van der Waals surface area contributed by atoms with Crippen LogP contribution in [0.15, 0.2) is 23.1 Å². The smallest absolute Gasteiger partial charge is 0.475 e. The summed E-state index contributed by atoms with van der Waals surface area (Å²) in [5.74, 6) is -2.65. The number of hydrogen-bond donors (Lipinski definition) is 3.